The average Bonchev–Trinajstić information content (AvgIpc) is 2.23. The van der Waals surface area contributed by atoms with Crippen LogP contribution in [-0.2, 0) is 6.42 Å². The molecule has 0 saturated carbocycles. The molecular formula is C13H17ClO. The van der Waals surface area contributed by atoms with Crippen LogP contribution in [0.2, 0.25) is 5.02 Å². The molecule has 0 heterocycles. The SMILES string of the molecule is C/C=C\CCc1cc(Cl)c(C)cc1OC. The molecule has 0 atom stereocenters. The van der Waals surface area contributed by atoms with E-state index in [1.165, 1.54) is 5.56 Å². The molecule has 1 aromatic carbocycles. The van der Waals surface area contributed by atoms with Gasteiger partial charge < -0.3 is 4.74 Å². The second-order valence-electron chi connectivity index (χ2n) is 3.52. The van der Waals surface area contributed by atoms with Crippen LogP contribution in [0.25, 0.3) is 0 Å². The summed E-state index contributed by atoms with van der Waals surface area (Å²) in [7, 11) is 1.70. The Balaban J connectivity index is 2.89. The van der Waals surface area contributed by atoms with Crippen LogP contribution >= 0.6 is 11.6 Å². The Morgan fingerprint density at radius 2 is 2.13 bits per heavy atom. The highest BCUT2D eigenvalue weighted by molar-refractivity contribution is 6.31. The van der Waals surface area contributed by atoms with Crippen molar-refractivity contribution in [3.05, 3.63) is 40.4 Å². The van der Waals surface area contributed by atoms with Crippen molar-refractivity contribution < 1.29 is 4.74 Å². The highest BCUT2D eigenvalue weighted by atomic mass is 35.5. The smallest absolute Gasteiger partial charge is 0.122 e. The number of methoxy groups -OCH3 is 1. The molecule has 0 aromatic heterocycles. The van der Waals surface area contributed by atoms with Gasteiger partial charge in [0, 0.05) is 5.02 Å². The molecule has 0 fully saturated rings. The molecule has 0 spiro atoms. The standard InChI is InChI=1S/C13H17ClO/c1-4-5-6-7-11-9-12(14)10(2)8-13(11)15-3/h4-5,8-9H,6-7H2,1-3H3/b5-4-. The van der Waals surface area contributed by atoms with Crippen molar-refractivity contribution in [1.29, 1.82) is 0 Å². The molecule has 0 radical (unpaired) electrons. The van der Waals surface area contributed by atoms with E-state index in [1.54, 1.807) is 7.11 Å². The van der Waals surface area contributed by atoms with Gasteiger partial charge in [-0.1, -0.05) is 23.8 Å². The molecule has 0 aliphatic heterocycles. The van der Waals surface area contributed by atoms with Crippen molar-refractivity contribution in [3.8, 4) is 5.75 Å². The summed E-state index contributed by atoms with van der Waals surface area (Å²) < 4.78 is 5.33. The second-order valence-corrected chi connectivity index (χ2v) is 3.93. The number of aryl methyl sites for hydroxylation is 2. The van der Waals surface area contributed by atoms with Crippen molar-refractivity contribution in [2.75, 3.05) is 7.11 Å². The van der Waals surface area contributed by atoms with Gasteiger partial charge in [0.1, 0.15) is 5.75 Å². The number of hydrogen-bond donors (Lipinski definition) is 0. The summed E-state index contributed by atoms with van der Waals surface area (Å²) in [6.45, 7) is 4.01. The van der Waals surface area contributed by atoms with Crippen molar-refractivity contribution in [2.45, 2.75) is 26.7 Å². The maximum Gasteiger partial charge on any atom is 0.122 e. The molecule has 0 aliphatic rings. The molecular weight excluding hydrogens is 208 g/mol. The molecule has 82 valence electrons. The van der Waals surface area contributed by atoms with Crippen molar-refractivity contribution in [2.24, 2.45) is 0 Å². The first-order chi connectivity index (χ1) is 7.19. The first-order valence-corrected chi connectivity index (χ1v) is 5.51. The second kappa shape index (κ2) is 5.82. The lowest BCUT2D eigenvalue weighted by atomic mass is 10.1. The van der Waals surface area contributed by atoms with E-state index in [-0.39, 0.29) is 0 Å². The minimum absolute atomic E-state index is 0.811. The van der Waals surface area contributed by atoms with E-state index in [0.29, 0.717) is 0 Å². The van der Waals surface area contributed by atoms with Crippen molar-refractivity contribution in [1.82, 2.24) is 0 Å². The fraction of sp³-hybridized carbons (Fsp3) is 0.385. The largest absolute Gasteiger partial charge is 0.496 e. The highest BCUT2D eigenvalue weighted by Gasteiger charge is 2.05. The van der Waals surface area contributed by atoms with Gasteiger partial charge in [-0.15, -0.1) is 0 Å². The van der Waals surface area contributed by atoms with Crippen molar-refractivity contribution >= 4 is 11.6 Å². The van der Waals surface area contributed by atoms with Gasteiger partial charge in [-0.3, -0.25) is 0 Å². The van der Waals surface area contributed by atoms with Crippen molar-refractivity contribution in [3.63, 3.8) is 0 Å². The van der Waals surface area contributed by atoms with Gasteiger partial charge >= 0.3 is 0 Å². The topological polar surface area (TPSA) is 9.23 Å². The predicted molar refractivity (Wildman–Crippen MR) is 65.9 cm³/mol. The lowest BCUT2D eigenvalue weighted by Crippen LogP contribution is -1.93. The number of ether oxygens (including phenoxy) is 1. The molecule has 0 amide bonds. The molecule has 1 rings (SSSR count). The summed E-state index contributed by atoms with van der Waals surface area (Å²) in [5, 5.41) is 0.811. The molecule has 1 aromatic rings. The van der Waals surface area contributed by atoms with Gasteiger partial charge in [-0.2, -0.15) is 0 Å². The van der Waals surface area contributed by atoms with Gasteiger partial charge in [0.2, 0.25) is 0 Å². The third-order valence-corrected chi connectivity index (χ3v) is 2.78. The Kier molecular flexibility index (Phi) is 4.70. The van der Waals surface area contributed by atoms with E-state index in [9.17, 15) is 0 Å². The van der Waals surface area contributed by atoms with Gasteiger partial charge in [0.25, 0.3) is 0 Å². The number of halogens is 1. The Hall–Kier alpha value is -0.950. The summed E-state index contributed by atoms with van der Waals surface area (Å²) in [4.78, 5) is 0. The zero-order valence-electron chi connectivity index (χ0n) is 9.51. The summed E-state index contributed by atoms with van der Waals surface area (Å²) in [6.07, 6.45) is 6.19. The number of benzene rings is 1. The fourth-order valence-corrected chi connectivity index (χ4v) is 1.67. The predicted octanol–water partition coefficient (Wildman–Crippen LogP) is 4.17. The minimum atomic E-state index is 0.811. The van der Waals surface area contributed by atoms with Crippen LogP contribution in [0.5, 0.6) is 5.75 Å². The van der Waals surface area contributed by atoms with Crippen LogP contribution in [0.4, 0.5) is 0 Å². The quantitative estimate of drug-likeness (QED) is 0.698. The van der Waals surface area contributed by atoms with Gasteiger partial charge in [-0.25, -0.2) is 0 Å². The fourth-order valence-electron chi connectivity index (χ4n) is 1.49. The number of rotatable bonds is 4. The number of allylic oxidation sites excluding steroid dienone is 2. The molecule has 0 saturated heterocycles. The first kappa shape index (κ1) is 12.1. The van der Waals surface area contributed by atoms with Gasteiger partial charge in [-0.05, 0) is 49.9 Å². The highest BCUT2D eigenvalue weighted by Crippen LogP contribution is 2.27. The minimum Gasteiger partial charge on any atom is -0.496 e. The molecule has 0 unspecified atom stereocenters. The van der Waals surface area contributed by atoms with Crippen LogP contribution in [0.15, 0.2) is 24.3 Å². The van der Waals surface area contributed by atoms with Crippen LogP contribution in [0, 0.1) is 6.92 Å². The van der Waals surface area contributed by atoms with E-state index in [0.717, 1.165) is 29.2 Å². The summed E-state index contributed by atoms with van der Waals surface area (Å²) in [6, 6.07) is 3.99. The Morgan fingerprint density at radius 3 is 2.73 bits per heavy atom. The third kappa shape index (κ3) is 3.28. The summed E-state index contributed by atoms with van der Waals surface area (Å²) >= 11 is 6.08. The maximum absolute atomic E-state index is 6.08. The van der Waals surface area contributed by atoms with Crippen LogP contribution in [-0.4, -0.2) is 7.11 Å². The molecule has 0 aliphatic carbocycles. The normalized spacial score (nSPS) is 10.9. The number of hydrogen-bond acceptors (Lipinski definition) is 1. The summed E-state index contributed by atoms with van der Waals surface area (Å²) in [5.41, 5.74) is 2.23. The van der Waals surface area contributed by atoms with Crippen LogP contribution in [0.3, 0.4) is 0 Å². The zero-order chi connectivity index (χ0) is 11.3. The van der Waals surface area contributed by atoms with Crippen LogP contribution in [0.1, 0.15) is 24.5 Å². The molecule has 15 heavy (non-hydrogen) atoms. The molecule has 0 bridgehead atoms. The van der Waals surface area contributed by atoms with Gasteiger partial charge in [0.15, 0.2) is 0 Å². The van der Waals surface area contributed by atoms with E-state index in [1.807, 2.05) is 26.0 Å². The summed E-state index contributed by atoms with van der Waals surface area (Å²) in [5.74, 6) is 0.932. The first-order valence-electron chi connectivity index (χ1n) is 5.13. The maximum atomic E-state index is 6.08. The third-order valence-electron chi connectivity index (χ3n) is 2.38. The zero-order valence-corrected chi connectivity index (χ0v) is 10.3. The van der Waals surface area contributed by atoms with E-state index < -0.39 is 0 Å². The Morgan fingerprint density at radius 1 is 1.40 bits per heavy atom. The van der Waals surface area contributed by atoms with Gasteiger partial charge in [0.05, 0.1) is 7.11 Å². The average molecular weight is 225 g/mol. The lowest BCUT2D eigenvalue weighted by Gasteiger charge is -2.09. The van der Waals surface area contributed by atoms with E-state index >= 15 is 0 Å². The Bertz CT molecular complexity index is 356. The van der Waals surface area contributed by atoms with E-state index in [4.69, 9.17) is 16.3 Å². The molecule has 0 N–H and O–H groups in total. The molecule has 2 heteroatoms. The Labute approximate surface area is 96.7 Å². The van der Waals surface area contributed by atoms with Crippen LogP contribution < -0.4 is 4.74 Å². The van der Waals surface area contributed by atoms with E-state index in [2.05, 4.69) is 12.2 Å². The lowest BCUT2D eigenvalue weighted by molar-refractivity contribution is 0.409. The molecule has 1 nitrogen and oxygen atoms in total. The monoisotopic (exact) mass is 224 g/mol.